The highest BCUT2D eigenvalue weighted by atomic mass is 35.5. The van der Waals surface area contributed by atoms with Crippen LogP contribution < -0.4 is 4.74 Å². The quantitative estimate of drug-likeness (QED) is 0.860. The number of hydrogen-bond acceptors (Lipinski definition) is 2. The fraction of sp³-hybridized carbons (Fsp3) is 0.200. The molecule has 0 saturated carbocycles. The summed E-state index contributed by atoms with van der Waals surface area (Å²) in [6.07, 6.45) is -0.447. The number of ether oxygens (including phenoxy) is 1. The molecule has 1 atom stereocenters. The first-order chi connectivity index (χ1) is 9.52. The monoisotopic (exact) mass is 330 g/mol. The highest BCUT2D eigenvalue weighted by molar-refractivity contribution is 6.42. The van der Waals surface area contributed by atoms with Crippen LogP contribution in [0.25, 0.3) is 0 Å². The Hall–Kier alpha value is -0.930. The first-order valence-corrected chi connectivity index (χ1v) is 7.10. The molecule has 0 radical (unpaired) electrons. The van der Waals surface area contributed by atoms with Crippen LogP contribution >= 0.6 is 34.8 Å². The maximum atomic E-state index is 10.3. The molecule has 0 heterocycles. The van der Waals surface area contributed by atoms with Crippen LogP contribution in [0.5, 0.6) is 5.75 Å². The molecule has 0 aliphatic heterocycles. The third-order valence-corrected chi connectivity index (χ3v) is 4.06. The van der Waals surface area contributed by atoms with Crippen molar-refractivity contribution in [2.75, 3.05) is 7.11 Å². The maximum Gasteiger partial charge on any atom is 0.122 e. The first kappa shape index (κ1) is 15.5. The van der Waals surface area contributed by atoms with E-state index in [1.165, 1.54) is 0 Å². The van der Waals surface area contributed by atoms with Gasteiger partial charge < -0.3 is 9.84 Å². The van der Waals surface area contributed by atoms with E-state index in [1.807, 2.05) is 0 Å². The van der Waals surface area contributed by atoms with E-state index in [4.69, 9.17) is 39.5 Å². The van der Waals surface area contributed by atoms with E-state index in [0.717, 1.165) is 5.56 Å². The Morgan fingerprint density at radius 3 is 2.60 bits per heavy atom. The summed E-state index contributed by atoms with van der Waals surface area (Å²) in [4.78, 5) is 0. The van der Waals surface area contributed by atoms with E-state index in [2.05, 4.69) is 0 Å². The van der Waals surface area contributed by atoms with Gasteiger partial charge >= 0.3 is 0 Å². The summed E-state index contributed by atoms with van der Waals surface area (Å²) in [5.74, 6) is 0.673. The Balaban J connectivity index is 2.30. The predicted molar refractivity (Wildman–Crippen MR) is 83.1 cm³/mol. The van der Waals surface area contributed by atoms with Gasteiger partial charge in [-0.3, -0.25) is 0 Å². The molecule has 2 aromatic rings. The van der Waals surface area contributed by atoms with Crippen LogP contribution in [0, 0.1) is 0 Å². The average molecular weight is 332 g/mol. The Morgan fingerprint density at radius 2 is 1.90 bits per heavy atom. The fourth-order valence-electron chi connectivity index (χ4n) is 2.00. The van der Waals surface area contributed by atoms with Crippen molar-refractivity contribution in [2.24, 2.45) is 0 Å². The second-order valence-corrected chi connectivity index (χ2v) is 5.54. The topological polar surface area (TPSA) is 29.5 Å². The third kappa shape index (κ3) is 3.39. The van der Waals surface area contributed by atoms with Crippen molar-refractivity contribution in [3.8, 4) is 5.75 Å². The SMILES string of the molecule is COc1ccc(Cl)cc1CC(O)c1cccc(Cl)c1Cl. The minimum absolute atomic E-state index is 0.337. The number of methoxy groups -OCH3 is 1. The molecule has 0 aliphatic rings. The maximum absolute atomic E-state index is 10.3. The van der Waals surface area contributed by atoms with E-state index in [1.54, 1.807) is 43.5 Å². The zero-order valence-electron chi connectivity index (χ0n) is 10.7. The highest BCUT2D eigenvalue weighted by Crippen LogP contribution is 2.33. The smallest absolute Gasteiger partial charge is 0.122 e. The molecule has 0 aliphatic carbocycles. The summed E-state index contributed by atoms with van der Waals surface area (Å²) in [6.45, 7) is 0. The number of aliphatic hydroxyl groups is 1. The molecule has 2 aromatic carbocycles. The minimum Gasteiger partial charge on any atom is -0.496 e. The molecular formula is C15H13Cl3O2. The Bertz CT molecular complexity index is 614. The van der Waals surface area contributed by atoms with E-state index in [0.29, 0.717) is 32.8 Å². The largest absolute Gasteiger partial charge is 0.496 e. The van der Waals surface area contributed by atoms with E-state index < -0.39 is 6.10 Å². The van der Waals surface area contributed by atoms with Gasteiger partial charge in [0, 0.05) is 17.0 Å². The number of benzene rings is 2. The molecule has 0 aromatic heterocycles. The van der Waals surface area contributed by atoms with E-state index >= 15 is 0 Å². The van der Waals surface area contributed by atoms with Crippen molar-refractivity contribution < 1.29 is 9.84 Å². The molecule has 1 unspecified atom stereocenters. The number of halogens is 3. The molecule has 0 amide bonds. The van der Waals surface area contributed by atoms with Gasteiger partial charge in [-0.15, -0.1) is 0 Å². The normalized spacial score (nSPS) is 12.2. The van der Waals surface area contributed by atoms with Crippen LogP contribution in [0.3, 0.4) is 0 Å². The molecule has 0 bridgehead atoms. The van der Waals surface area contributed by atoms with Crippen molar-refractivity contribution >= 4 is 34.8 Å². The standard InChI is InChI=1S/C15H13Cl3O2/c1-20-14-6-5-10(16)7-9(14)8-13(19)11-3-2-4-12(17)15(11)18/h2-7,13,19H,8H2,1H3. The van der Waals surface area contributed by atoms with Gasteiger partial charge in [-0.05, 0) is 29.8 Å². The summed E-state index contributed by atoms with van der Waals surface area (Å²) >= 11 is 18.0. The molecule has 2 nitrogen and oxygen atoms in total. The lowest BCUT2D eigenvalue weighted by molar-refractivity contribution is 0.177. The zero-order chi connectivity index (χ0) is 14.7. The van der Waals surface area contributed by atoms with Gasteiger partial charge in [0.1, 0.15) is 5.75 Å². The molecule has 0 spiro atoms. The van der Waals surface area contributed by atoms with E-state index in [-0.39, 0.29) is 0 Å². The summed E-state index contributed by atoms with van der Waals surface area (Å²) in [6, 6.07) is 10.5. The zero-order valence-corrected chi connectivity index (χ0v) is 13.0. The van der Waals surface area contributed by atoms with Gasteiger partial charge in [0.25, 0.3) is 0 Å². The van der Waals surface area contributed by atoms with Gasteiger partial charge in [-0.1, -0.05) is 46.9 Å². The molecule has 1 N–H and O–H groups in total. The first-order valence-electron chi connectivity index (χ1n) is 5.97. The van der Waals surface area contributed by atoms with Gasteiger partial charge in [0.05, 0.1) is 23.3 Å². The van der Waals surface area contributed by atoms with Gasteiger partial charge in [0.2, 0.25) is 0 Å². The van der Waals surface area contributed by atoms with Crippen molar-refractivity contribution in [3.63, 3.8) is 0 Å². The van der Waals surface area contributed by atoms with Crippen molar-refractivity contribution in [3.05, 3.63) is 62.6 Å². The highest BCUT2D eigenvalue weighted by Gasteiger charge is 2.16. The Morgan fingerprint density at radius 1 is 1.15 bits per heavy atom. The Labute approximate surface area is 132 Å². The number of rotatable bonds is 4. The lowest BCUT2D eigenvalue weighted by atomic mass is 10.0. The lowest BCUT2D eigenvalue weighted by Crippen LogP contribution is -2.04. The minimum atomic E-state index is -0.784. The van der Waals surface area contributed by atoms with Crippen molar-refractivity contribution in [1.29, 1.82) is 0 Å². The molecule has 5 heteroatoms. The van der Waals surface area contributed by atoms with Crippen molar-refractivity contribution in [1.82, 2.24) is 0 Å². The van der Waals surface area contributed by atoms with Crippen LogP contribution in [-0.4, -0.2) is 12.2 Å². The molecule has 0 saturated heterocycles. The van der Waals surface area contributed by atoms with E-state index in [9.17, 15) is 5.11 Å². The molecular weight excluding hydrogens is 319 g/mol. The number of hydrogen-bond donors (Lipinski definition) is 1. The van der Waals surface area contributed by atoms with Crippen LogP contribution in [0.4, 0.5) is 0 Å². The summed E-state index contributed by atoms with van der Waals surface area (Å²) < 4.78 is 5.26. The molecule has 106 valence electrons. The predicted octanol–water partition coefficient (Wildman–Crippen LogP) is 4.93. The van der Waals surface area contributed by atoms with Gasteiger partial charge in [0.15, 0.2) is 0 Å². The van der Waals surface area contributed by atoms with Crippen LogP contribution in [0.1, 0.15) is 17.2 Å². The van der Waals surface area contributed by atoms with Crippen LogP contribution in [0.2, 0.25) is 15.1 Å². The summed E-state index contributed by atoms with van der Waals surface area (Å²) in [7, 11) is 1.57. The van der Waals surface area contributed by atoms with Gasteiger partial charge in [-0.25, -0.2) is 0 Å². The molecule has 0 fully saturated rings. The second-order valence-electron chi connectivity index (χ2n) is 4.32. The summed E-state index contributed by atoms with van der Waals surface area (Å²) in [5, 5.41) is 11.7. The fourth-order valence-corrected chi connectivity index (χ4v) is 2.63. The van der Waals surface area contributed by atoms with Gasteiger partial charge in [-0.2, -0.15) is 0 Å². The third-order valence-electron chi connectivity index (χ3n) is 3.00. The van der Waals surface area contributed by atoms with Crippen LogP contribution in [-0.2, 0) is 6.42 Å². The number of aliphatic hydroxyl groups excluding tert-OH is 1. The van der Waals surface area contributed by atoms with Crippen molar-refractivity contribution in [2.45, 2.75) is 12.5 Å². The average Bonchev–Trinajstić information content (AvgIpc) is 2.42. The second kappa shape index (κ2) is 6.68. The summed E-state index contributed by atoms with van der Waals surface area (Å²) in [5.41, 5.74) is 1.39. The lowest BCUT2D eigenvalue weighted by Gasteiger charge is -2.15. The van der Waals surface area contributed by atoms with Crippen LogP contribution in [0.15, 0.2) is 36.4 Å². The Kier molecular flexibility index (Phi) is 5.17. The molecule has 20 heavy (non-hydrogen) atoms. The molecule has 2 rings (SSSR count).